The lowest BCUT2D eigenvalue weighted by Gasteiger charge is -2.24. The van der Waals surface area contributed by atoms with E-state index in [0.29, 0.717) is 0 Å². The summed E-state index contributed by atoms with van der Waals surface area (Å²) in [5.41, 5.74) is 14.7. The van der Waals surface area contributed by atoms with Gasteiger partial charge in [0, 0.05) is 26.6 Å². The molecule has 252 valence electrons. The SMILES string of the molecule is Cc1ccc2c(sc3cc(-c4ccccc4)ccc32)c1-c1n(-c2c(-c3ccccc3)cc(C(C)(C)C)cc2-c2ccccc2)c2ccccc2[n+]1C. The molecule has 0 atom stereocenters. The number of nitrogens with zero attached hydrogens (tertiary/aromatic N) is 2. The first kappa shape index (κ1) is 32.2. The zero-order valence-corrected chi connectivity index (χ0v) is 31.1. The predicted molar refractivity (Wildman–Crippen MR) is 223 cm³/mol. The summed E-state index contributed by atoms with van der Waals surface area (Å²) in [5, 5.41) is 2.60. The topological polar surface area (TPSA) is 8.81 Å². The zero-order valence-electron chi connectivity index (χ0n) is 30.3. The van der Waals surface area contributed by atoms with Gasteiger partial charge in [-0.05, 0) is 76.1 Å². The van der Waals surface area contributed by atoms with Gasteiger partial charge in [-0.15, -0.1) is 11.3 Å². The summed E-state index contributed by atoms with van der Waals surface area (Å²) in [6.07, 6.45) is 0. The molecule has 2 nitrogen and oxygen atoms in total. The number of hydrogen-bond donors (Lipinski definition) is 0. The van der Waals surface area contributed by atoms with Crippen molar-refractivity contribution in [1.82, 2.24) is 4.57 Å². The van der Waals surface area contributed by atoms with Crippen LogP contribution in [0, 0.1) is 6.92 Å². The number of aromatic nitrogens is 2. The molecule has 0 fully saturated rings. The Morgan fingerprint density at radius 1 is 0.558 bits per heavy atom. The molecule has 2 aromatic heterocycles. The van der Waals surface area contributed by atoms with E-state index in [-0.39, 0.29) is 5.41 Å². The standard InChI is InChI=1S/C49H41N2S/c1-32-25-27-39-38-28-26-36(33-17-9-6-10-18-33)29-44(38)52-47(39)45(32)48-50(5)42-23-15-16-24-43(42)51(48)46-40(34-19-11-7-12-20-34)30-37(49(2,3)4)31-41(46)35-21-13-8-14-22-35/h6-31H,1-5H3/q+1. The molecule has 3 heteroatoms. The first-order valence-electron chi connectivity index (χ1n) is 18.1. The number of fused-ring (bicyclic) bond motifs is 4. The number of thiophene rings is 1. The van der Waals surface area contributed by atoms with Crippen LogP contribution in [0.5, 0.6) is 0 Å². The van der Waals surface area contributed by atoms with Gasteiger partial charge < -0.3 is 0 Å². The van der Waals surface area contributed by atoms with Gasteiger partial charge in [0.1, 0.15) is 5.69 Å². The second-order valence-electron chi connectivity index (χ2n) is 14.9. The van der Waals surface area contributed by atoms with Gasteiger partial charge >= 0.3 is 0 Å². The minimum Gasteiger partial charge on any atom is -0.225 e. The molecule has 0 unspecified atom stereocenters. The molecule has 0 aliphatic carbocycles. The van der Waals surface area contributed by atoms with Gasteiger partial charge in [0.2, 0.25) is 0 Å². The zero-order chi connectivity index (χ0) is 35.6. The van der Waals surface area contributed by atoms with Crippen LogP contribution in [0.25, 0.3) is 81.7 Å². The number of imidazole rings is 1. The summed E-state index contributed by atoms with van der Waals surface area (Å²) >= 11 is 1.91. The van der Waals surface area contributed by atoms with E-state index < -0.39 is 0 Å². The van der Waals surface area contributed by atoms with Crippen molar-refractivity contribution in [3.8, 4) is 50.5 Å². The van der Waals surface area contributed by atoms with E-state index in [1.165, 1.54) is 92.8 Å². The van der Waals surface area contributed by atoms with Crippen molar-refractivity contribution >= 4 is 42.5 Å². The number of rotatable bonds is 5. The van der Waals surface area contributed by atoms with E-state index in [4.69, 9.17) is 0 Å². The fourth-order valence-electron chi connectivity index (χ4n) is 7.83. The van der Waals surface area contributed by atoms with Gasteiger partial charge in [0.05, 0.1) is 17.3 Å². The maximum atomic E-state index is 2.56. The van der Waals surface area contributed by atoms with Gasteiger partial charge in [0.25, 0.3) is 5.82 Å². The van der Waals surface area contributed by atoms with Crippen LogP contribution in [0.4, 0.5) is 0 Å². The second-order valence-corrected chi connectivity index (χ2v) is 16.0. The van der Waals surface area contributed by atoms with Crippen molar-refractivity contribution in [2.75, 3.05) is 0 Å². The van der Waals surface area contributed by atoms with E-state index in [1.54, 1.807) is 0 Å². The van der Waals surface area contributed by atoms with Gasteiger partial charge in [-0.3, -0.25) is 0 Å². The molecule has 7 aromatic carbocycles. The maximum Gasteiger partial charge on any atom is 0.296 e. The highest BCUT2D eigenvalue weighted by Gasteiger charge is 2.33. The first-order valence-corrected chi connectivity index (χ1v) is 18.9. The van der Waals surface area contributed by atoms with E-state index in [1.807, 2.05) is 11.3 Å². The first-order chi connectivity index (χ1) is 25.3. The van der Waals surface area contributed by atoms with Crippen LogP contribution in [0.3, 0.4) is 0 Å². The Kier molecular flexibility index (Phi) is 7.71. The van der Waals surface area contributed by atoms with E-state index in [9.17, 15) is 0 Å². The Morgan fingerprint density at radius 3 is 1.73 bits per heavy atom. The molecule has 0 aliphatic rings. The number of para-hydroxylation sites is 2. The molecule has 0 spiro atoms. The summed E-state index contributed by atoms with van der Waals surface area (Å²) in [6.45, 7) is 9.22. The molecule has 0 bridgehead atoms. The lowest BCUT2D eigenvalue weighted by atomic mass is 9.82. The minimum absolute atomic E-state index is 0.0459. The summed E-state index contributed by atoms with van der Waals surface area (Å²) in [4.78, 5) is 0. The van der Waals surface area contributed by atoms with Crippen LogP contribution >= 0.6 is 11.3 Å². The van der Waals surface area contributed by atoms with Crippen LogP contribution < -0.4 is 4.57 Å². The van der Waals surface area contributed by atoms with Gasteiger partial charge in [-0.1, -0.05) is 148 Å². The highest BCUT2D eigenvalue weighted by atomic mass is 32.1. The maximum absolute atomic E-state index is 2.56. The molecule has 2 heterocycles. The molecule has 9 rings (SSSR count). The van der Waals surface area contributed by atoms with Crippen LogP contribution in [0.2, 0.25) is 0 Å². The third-order valence-electron chi connectivity index (χ3n) is 10.6. The number of hydrogen-bond acceptors (Lipinski definition) is 1. The summed E-state index contributed by atoms with van der Waals surface area (Å²) in [5.74, 6) is 1.18. The van der Waals surface area contributed by atoms with Crippen molar-refractivity contribution in [3.05, 3.63) is 169 Å². The Bertz CT molecular complexity index is 2700. The normalized spacial score (nSPS) is 11.9. The van der Waals surface area contributed by atoms with Crippen LogP contribution in [-0.2, 0) is 12.5 Å². The van der Waals surface area contributed by atoms with Crippen molar-refractivity contribution in [1.29, 1.82) is 0 Å². The van der Waals surface area contributed by atoms with Crippen LogP contribution in [0.15, 0.2) is 158 Å². The third kappa shape index (κ3) is 5.27. The van der Waals surface area contributed by atoms with E-state index in [0.717, 1.165) is 0 Å². The Morgan fingerprint density at radius 2 is 1.12 bits per heavy atom. The average molecular weight is 690 g/mol. The monoisotopic (exact) mass is 689 g/mol. The van der Waals surface area contributed by atoms with Crippen molar-refractivity contribution in [3.63, 3.8) is 0 Å². The highest BCUT2D eigenvalue weighted by molar-refractivity contribution is 7.26. The molecule has 0 saturated heterocycles. The fraction of sp³-hybridized carbons (Fsp3) is 0.122. The quantitative estimate of drug-likeness (QED) is 0.159. The van der Waals surface area contributed by atoms with Crippen molar-refractivity contribution in [2.45, 2.75) is 33.1 Å². The van der Waals surface area contributed by atoms with Gasteiger partial charge in [-0.2, -0.15) is 4.57 Å². The van der Waals surface area contributed by atoms with Crippen LogP contribution in [0.1, 0.15) is 31.9 Å². The molecule has 9 aromatic rings. The molecule has 52 heavy (non-hydrogen) atoms. The molecule has 0 radical (unpaired) electrons. The lowest BCUT2D eigenvalue weighted by Crippen LogP contribution is -2.30. The van der Waals surface area contributed by atoms with Gasteiger partial charge in [0.15, 0.2) is 11.0 Å². The summed E-state index contributed by atoms with van der Waals surface area (Å²) in [7, 11) is 2.24. The van der Waals surface area contributed by atoms with E-state index in [2.05, 4.69) is 202 Å². The molecular formula is C49H41N2S+. The number of benzene rings is 7. The lowest BCUT2D eigenvalue weighted by molar-refractivity contribution is -0.633. The smallest absolute Gasteiger partial charge is 0.225 e. The third-order valence-corrected chi connectivity index (χ3v) is 11.7. The summed E-state index contributed by atoms with van der Waals surface area (Å²) in [6, 6.07) is 58.0. The largest absolute Gasteiger partial charge is 0.296 e. The molecule has 0 N–H and O–H groups in total. The predicted octanol–water partition coefficient (Wildman–Crippen LogP) is 13.1. The number of aryl methyl sites for hydroxylation is 2. The Balaban J connectivity index is 1.43. The van der Waals surface area contributed by atoms with Gasteiger partial charge in [-0.25, -0.2) is 4.57 Å². The minimum atomic E-state index is -0.0459. The summed E-state index contributed by atoms with van der Waals surface area (Å²) < 4.78 is 7.60. The van der Waals surface area contributed by atoms with Crippen molar-refractivity contribution in [2.24, 2.45) is 7.05 Å². The van der Waals surface area contributed by atoms with Crippen molar-refractivity contribution < 1.29 is 4.57 Å². The molecule has 0 amide bonds. The van der Waals surface area contributed by atoms with Crippen LogP contribution in [-0.4, -0.2) is 4.57 Å². The Hall–Kier alpha value is -5.77. The highest BCUT2D eigenvalue weighted by Crippen LogP contribution is 2.46. The molecule has 0 saturated carbocycles. The van der Waals surface area contributed by atoms with E-state index >= 15 is 0 Å². The molecule has 0 aliphatic heterocycles. The Labute approximate surface area is 309 Å². The average Bonchev–Trinajstić information content (AvgIpc) is 3.69. The molecular weight excluding hydrogens is 649 g/mol. The second kappa shape index (κ2) is 12.5. The fourth-order valence-corrected chi connectivity index (χ4v) is 9.17.